The summed E-state index contributed by atoms with van der Waals surface area (Å²) >= 11 is 0. The van der Waals surface area contributed by atoms with E-state index < -0.39 is 22.8 Å². The van der Waals surface area contributed by atoms with Gasteiger partial charge in [-0.2, -0.15) is 13.2 Å². The van der Waals surface area contributed by atoms with Crippen LogP contribution in [-0.4, -0.2) is 99.3 Å². The molecule has 0 aromatic heterocycles. The molecule has 0 bridgehead atoms. The highest BCUT2D eigenvalue weighted by molar-refractivity contribution is 7.90. The van der Waals surface area contributed by atoms with Gasteiger partial charge in [-0.1, -0.05) is 0 Å². The maximum atomic E-state index is 12.7. The van der Waals surface area contributed by atoms with Crippen LogP contribution in [0.15, 0.2) is 28.3 Å². The second-order valence-electron chi connectivity index (χ2n) is 7.00. The van der Waals surface area contributed by atoms with Crippen LogP contribution in [0.1, 0.15) is 6.42 Å². The number of nitrogens with zero attached hydrogens (tertiary/aromatic N) is 4. The predicted octanol–water partition coefficient (Wildman–Crippen LogP) is 0.597. The van der Waals surface area contributed by atoms with Crippen molar-refractivity contribution in [3.63, 3.8) is 0 Å². The number of fused-ring (bicyclic) bond motifs is 1. The lowest BCUT2D eigenvalue weighted by atomic mass is 10.1. The molecule has 162 valence electrons. The first-order valence-electron chi connectivity index (χ1n) is 9.28. The molecule has 1 saturated heterocycles. The van der Waals surface area contributed by atoms with Gasteiger partial charge in [0.15, 0.2) is 0 Å². The van der Waals surface area contributed by atoms with Crippen LogP contribution < -0.4 is 0 Å². The molecule has 0 aromatic rings. The van der Waals surface area contributed by atoms with Crippen LogP contribution in [0.3, 0.4) is 0 Å². The summed E-state index contributed by atoms with van der Waals surface area (Å²) < 4.78 is 67.4. The Morgan fingerprint density at radius 2 is 1.86 bits per heavy atom. The van der Waals surface area contributed by atoms with E-state index in [0.29, 0.717) is 50.6 Å². The molecule has 29 heavy (non-hydrogen) atoms. The summed E-state index contributed by atoms with van der Waals surface area (Å²) in [5, 5.41) is 0. The fourth-order valence-electron chi connectivity index (χ4n) is 3.26. The van der Waals surface area contributed by atoms with Gasteiger partial charge < -0.3 is 14.5 Å². The lowest BCUT2D eigenvalue weighted by molar-refractivity contribution is -0.174. The number of sulfonamides is 1. The SMILES string of the molecule is O=C(C1=CN2CCS(=O)(=O)N=C2C=C1)N1CCN(CCCOCC(F)(F)F)CC1. The number of amides is 1. The van der Waals surface area contributed by atoms with Gasteiger partial charge in [0.2, 0.25) is 0 Å². The normalized spacial score (nSPS) is 22.2. The van der Waals surface area contributed by atoms with Crippen molar-refractivity contribution in [1.29, 1.82) is 0 Å². The summed E-state index contributed by atoms with van der Waals surface area (Å²) in [5.74, 6) is 0.0838. The highest BCUT2D eigenvalue weighted by atomic mass is 32.2. The second-order valence-corrected chi connectivity index (χ2v) is 8.76. The van der Waals surface area contributed by atoms with Crippen molar-refractivity contribution in [2.45, 2.75) is 12.6 Å². The Morgan fingerprint density at radius 1 is 1.14 bits per heavy atom. The van der Waals surface area contributed by atoms with Gasteiger partial charge in [-0.15, -0.1) is 4.40 Å². The summed E-state index contributed by atoms with van der Waals surface area (Å²) in [4.78, 5) is 18.2. The van der Waals surface area contributed by atoms with Gasteiger partial charge in [0.05, 0.1) is 11.3 Å². The first-order chi connectivity index (χ1) is 13.6. The molecular formula is C17H23F3N4O4S. The Hall–Kier alpha value is -1.92. The molecule has 3 aliphatic rings. The van der Waals surface area contributed by atoms with Crippen molar-refractivity contribution in [2.24, 2.45) is 4.40 Å². The molecule has 0 atom stereocenters. The number of rotatable bonds is 6. The molecular weight excluding hydrogens is 413 g/mol. The largest absolute Gasteiger partial charge is 0.411 e. The highest BCUT2D eigenvalue weighted by Gasteiger charge is 2.29. The minimum atomic E-state index is -4.30. The molecule has 3 heterocycles. The van der Waals surface area contributed by atoms with Crippen molar-refractivity contribution >= 4 is 21.8 Å². The van der Waals surface area contributed by atoms with Gasteiger partial charge >= 0.3 is 6.18 Å². The van der Waals surface area contributed by atoms with Gasteiger partial charge in [-0.3, -0.25) is 9.69 Å². The third-order valence-electron chi connectivity index (χ3n) is 4.76. The Labute approximate surface area is 167 Å². The molecule has 1 amide bonds. The molecule has 3 aliphatic heterocycles. The Kier molecular flexibility index (Phi) is 6.64. The topological polar surface area (TPSA) is 82.5 Å². The van der Waals surface area contributed by atoms with Crippen molar-refractivity contribution in [2.75, 3.05) is 58.2 Å². The van der Waals surface area contributed by atoms with Crippen LogP contribution in [0.2, 0.25) is 0 Å². The number of amidine groups is 1. The zero-order chi connectivity index (χ0) is 21.1. The monoisotopic (exact) mass is 436 g/mol. The number of carbonyl (C=O) groups excluding carboxylic acids is 1. The Bertz CT molecular complexity index is 815. The number of hydrogen-bond donors (Lipinski definition) is 0. The van der Waals surface area contributed by atoms with Crippen LogP contribution in [0.4, 0.5) is 13.2 Å². The minimum absolute atomic E-state index is 0.0474. The van der Waals surface area contributed by atoms with Gasteiger partial charge in [0.25, 0.3) is 15.9 Å². The number of piperazine rings is 1. The van der Waals surface area contributed by atoms with E-state index >= 15 is 0 Å². The fourth-order valence-corrected chi connectivity index (χ4v) is 4.23. The zero-order valence-corrected chi connectivity index (χ0v) is 16.6. The molecule has 0 spiro atoms. The summed E-state index contributed by atoms with van der Waals surface area (Å²) in [5.41, 5.74) is 0.470. The van der Waals surface area contributed by atoms with Crippen LogP contribution in [0, 0.1) is 0 Å². The first kappa shape index (κ1) is 21.8. The average Bonchev–Trinajstić information content (AvgIpc) is 2.66. The van der Waals surface area contributed by atoms with Gasteiger partial charge in [-0.05, 0) is 18.6 Å². The van der Waals surface area contributed by atoms with Crippen LogP contribution in [0.5, 0.6) is 0 Å². The molecule has 0 aliphatic carbocycles. The summed E-state index contributed by atoms with van der Waals surface area (Å²) in [7, 11) is -3.44. The summed E-state index contributed by atoms with van der Waals surface area (Å²) in [6.45, 7) is 1.99. The van der Waals surface area contributed by atoms with E-state index in [4.69, 9.17) is 0 Å². The van der Waals surface area contributed by atoms with E-state index in [0.717, 1.165) is 0 Å². The standard InChI is InChI=1S/C17H23F3N4O4S/c18-17(19,20)13-28-10-1-4-22-5-7-23(8-6-22)16(25)14-2-3-15-21-29(26,27)11-9-24(15)12-14/h2-3,12H,1,4-11,13H2. The van der Waals surface area contributed by atoms with E-state index in [1.807, 2.05) is 0 Å². The van der Waals surface area contributed by atoms with Gasteiger partial charge in [0, 0.05) is 52.1 Å². The highest BCUT2D eigenvalue weighted by Crippen LogP contribution is 2.18. The maximum Gasteiger partial charge on any atom is 0.411 e. The van der Waals surface area contributed by atoms with Crippen LogP contribution >= 0.6 is 0 Å². The van der Waals surface area contributed by atoms with Crippen molar-refractivity contribution < 1.29 is 31.1 Å². The average molecular weight is 436 g/mol. The summed E-state index contributed by atoms with van der Waals surface area (Å²) in [6, 6.07) is 0. The number of carbonyl (C=O) groups is 1. The Balaban J connectivity index is 1.43. The van der Waals surface area contributed by atoms with E-state index in [1.165, 1.54) is 6.08 Å². The molecule has 3 rings (SSSR count). The van der Waals surface area contributed by atoms with Crippen LogP contribution in [-0.2, 0) is 19.6 Å². The van der Waals surface area contributed by atoms with Gasteiger partial charge in [0.1, 0.15) is 12.4 Å². The van der Waals surface area contributed by atoms with Crippen molar-refractivity contribution in [3.05, 3.63) is 23.9 Å². The molecule has 0 unspecified atom stereocenters. The van der Waals surface area contributed by atoms with Crippen LogP contribution in [0.25, 0.3) is 0 Å². The number of halogens is 3. The van der Waals surface area contributed by atoms with E-state index in [9.17, 15) is 26.4 Å². The maximum absolute atomic E-state index is 12.7. The molecule has 1 fully saturated rings. The molecule has 8 nitrogen and oxygen atoms in total. The quantitative estimate of drug-likeness (QED) is 0.567. The smallest absolute Gasteiger partial charge is 0.372 e. The molecule has 0 aromatic carbocycles. The molecule has 0 radical (unpaired) electrons. The number of hydrogen-bond acceptors (Lipinski definition) is 6. The molecule has 12 heteroatoms. The fraction of sp³-hybridized carbons (Fsp3) is 0.647. The molecule has 0 saturated carbocycles. The lowest BCUT2D eigenvalue weighted by Crippen LogP contribution is -2.49. The van der Waals surface area contributed by atoms with Crippen molar-refractivity contribution in [1.82, 2.24) is 14.7 Å². The number of alkyl halides is 3. The zero-order valence-electron chi connectivity index (χ0n) is 15.8. The summed E-state index contributed by atoms with van der Waals surface area (Å²) in [6.07, 6.45) is 0.922. The predicted molar refractivity (Wildman–Crippen MR) is 99.7 cm³/mol. The van der Waals surface area contributed by atoms with E-state index in [-0.39, 0.29) is 24.8 Å². The second kappa shape index (κ2) is 8.84. The third-order valence-corrected chi connectivity index (χ3v) is 5.92. The van der Waals surface area contributed by atoms with E-state index in [2.05, 4.69) is 14.0 Å². The molecule has 0 N–H and O–H groups in total. The third kappa shape index (κ3) is 6.28. The Morgan fingerprint density at radius 3 is 2.55 bits per heavy atom. The minimum Gasteiger partial charge on any atom is -0.372 e. The van der Waals surface area contributed by atoms with Crippen molar-refractivity contribution in [3.8, 4) is 0 Å². The first-order valence-corrected chi connectivity index (χ1v) is 10.9. The lowest BCUT2D eigenvalue weighted by Gasteiger charge is -2.35. The van der Waals surface area contributed by atoms with E-state index in [1.54, 1.807) is 22.1 Å². The number of ether oxygens (including phenoxy) is 1. The van der Waals surface area contributed by atoms with Gasteiger partial charge in [-0.25, -0.2) is 8.42 Å².